The fraction of sp³-hybridized carbons (Fsp3) is 0.682. The van der Waals surface area contributed by atoms with Crippen LogP contribution in [-0.2, 0) is 23.8 Å². The Bertz CT molecular complexity index is 978. The van der Waals surface area contributed by atoms with E-state index in [4.69, 9.17) is 14.2 Å². The summed E-state index contributed by atoms with van der Waals surface area (Å²) in [5, 5.41) is 0.706. The third-order valence-corrected chi connectivity index (χ3v) is 5.08. The number of carbonyl (C=O) groups is 2. The lowest BCUT2D eigenvalue weighted by Crippen LogP contribution is -2.29. The van der Waals surface area contributed by atoms with E-state index in [1.54, 1.807) is 51.0 Å². The Morgan fingerprint density at radius 2 is 1.70 bits per heavy atom. The van der Waals surface area contributed by atoms with Crippen molar-refractivity contribution < 1.29 is 23.8 Å². The molecule has 184 valence electrons. The van der Waals surface area contributed by atoms with Crippen molar-refractivity contribution in [3.8, 4) is 0 Å². The van der Waals surface area contributed by atoms with Gasteiger partial charge in [-0.25, -0.2) is 9.97 Å². The van der Waals surface area contributed by atoms with Crippen molar-refractivity contribution in [2.24, 2.45) is 10.8 Å². The number of aromatic nitrogens is 4. The molecule has 0 aliphatic rings. The van der Waals surface area contributed by atoms with E-state index in [-0.39, 0.29) is 19.2 Å². The van der Waals surface area contributed by atoms with Gasteiger partial charge in [-0.3, -0.25) is 14.2 Å². The molecule has 0 fully saturated rings. The molecule has 0 amide bonds. The predicted octanol–water partition coefficient (Wildman–Crippen LogP) is 3.66. The second-order valence-corrected chi connectivity index (χ2v) is 10.6. The number of carbonyl (C=O) groups excluding carboxylic acids is 2. The summed E-state index contributed by atoms with van der Waals surface area (Å²) in [6.07, 6.45) is 2.79. The van der Waals surface area contributed by atoms with Crippen LogP contribution in [0.4, 0.5) is 5.95 Å². The minimum Gasteiger partial charge on any atom is -0.465 e. The van der Waals surface area contributed by atoms with Crippen LogP contribution < -0.4 is 4.90 Å². The Morgan fingerprint density at radius 3 is 2.24 bits per heavy atom. The number of hydrogen-bond donors (Lipinski definition) is 0. The van der Waals surface area contributed by atoms with Gasteiger partial charge in [0.2, 0.25) is 5.95 Å². The van der Waals surface area contributed by atoms with Crippen LogP contribution in [0, 0.1) is 10.8 Å². The molecule has 10 nitrogen and oxygen atoms in total. The van der Waals surface area contributed by atoms with E-state index >= 15 is 0 Å². The molecule has 0 saturated carbocycles. The van der Waals surface area contributed by atoms with E-state index in [1.165, 1.54) is 18.1 Å². The van der Waals surface area contributed by atoms with Crippen molar-refractivity contribution in [2.45, 2.75) is 59.4 Å². The van der Waals surface area contributed by atoms with Crippen molar-refractivity contribution in [1.29, 1.82) is 0 Å². The predicted molar refractivity (Wildman–Crippen MR) is 127 cm³/mol. The van der Waals surface area contributed by atoms with Gasteiger partial charge in [0.15, 0.2) is 5.65 Å². The number of thioether (sulfide) groups is 1. The van der Waals surface area contributed by atoms with E-state index in [0.717, 1.165) is 0 Å². The number of fused-ring (bicyclic) bond motifs is 1. The first-order chi connectivity index (χ1) is 15.3. The second kappa shape index (κ2) is 10.7. The monoisotopic (exact) mass is 481 g/mol. The van der Waals surface area contributed by atoms with Crippen molar-refractivity contribution in [2.75, 3.05) is 38.5 Å². The van der Waals surface area contributed by atoms with Gasteiger partial charge in [0.05, 0.1) is 24.0 Å². The Kier molecular flexibility index (Phi) is 8.69. The number of anilines is 1. The van der Waals surface area contributed by atoms with Gasteiger partial charge >= 0.3 is 11.9 Å². The van der Waals surface area contributed by atoms with Crippen LogP contribution in [-0.4, -0.2) is 65.0 Å². The fourth-order valence-corrected chi connectivity index (χ4v) is 2.95. The Hall–Kier alpha value is -2.40. The first-order valence-electron chi connectivity index (χ1n) is 10.7. The van der Waals surface area contributed by atoms with Crippen LogP contribution in [0.3, 0.4) is 0 Å². The highest BCUT2D eigenvalue weighted by atomic mass is 32.2. The normalized spacial score (nSPS) is 13.1. The van der Waals surface area contributed by atoms with Crippen LogP contribution >= 0.6 is 11.8 Å². The summed E-state index contributed by atoms with van der Waals surface area (Å²) in [4.78, 5) is 39.9. The lowest BCUT2D eigenvalue weighted by Gasteiger charge is -2.24. The highest BCUT2D eigenvalue weighted by Gasteiger charge is 2.29. The zero-order valence-corrected chi connectivity index (χ0v) is 21.8. The molecule has 1 unspecified atom stereocenters. The van der Waals surface area contributed by atoms with Crippen LogP contribution in [0.25, 0.3) is 11.2 Å². The van der Waals surface area contributed by atoms with Crippen molar-refractivity contribution in [1.82, 2.24) is 19.5 Å². The van der Waals surface area contributed by atoms with E-state index in [1.807, 2.05) is 20.4 Å². The second-order valence-electron chi connectivity index (χ2n) is 9.82. The zero-order valence-electron chi connectivity index (χ0n) is 21.0. The lowest BCUT2D eigenvalue weighted by molar-refractivity contribution is -0.210. The van der Waals surface area contributed by atoms with Gasteiger partial charge in [-0.05, 0) is 47.8 Å². The Labute approximate surface area is 199 Å². The molecule has 0 N–H and O–H groups in total. The Morgan fingerprint density at radius 1 is 1.06 bits per heavy atom. The highest BCUT2D eigenvalue weighted by Crippen LogP contribution is 2.28. The smallest absolute Gasteiger partial charge is 0.314 e. The van der Waals surface area contributed by atoms with Crippen LogP contribution in [0.2, 0.25) is 0 Å². The summed E-state index contributed by atoms with van der Waals surface area (Å²) < 4.78 is 18.5. The zero-order chi connectivity index (χ0) is 25.0. The van der Waals surface area contributed by atoms with Crippen LogP contribution in [0.1, 0.15) is 54.4 Å². The van der Waals surface area contributed by atoms with Crippen molar-refractivity contribution >= 4 is 40.8 Å². The topological polar surface area (TPSA) is 109 Å². The van der Waals surface area contributed by atoms with E-state index in [9.17, 15) is 9.59 Å². The van der Waals surface area contributed by atoms with E-state index in [2.05, 4.69) is 15.0 Å². The van der Waals surface area contributed by atoms with Gasteiger partial charge in [-0.2, -0.15) is 4.98 Å². The molecule has 33 heavy (non-hydrogen) atoms. The number of rotatable bonds is 9. The molecule has 2 aromatic rings. The first-order valence-corrected chi connectivity index (χ1v) is 11.9. The molecule has 0 aliphatic carbocycles. The van der Waals surface area contributed by atoms with Gasteiger partial charge in [-0.15, -0.1) is 11.8 Å². The minimum absolute atomic E-state index is 0.195. The minimum atomic E-state index is -1.08. The maximum absolute atomic E-state index is 12.6. The molecule has 2 heterocycles. The molecule has 0 aliphatic heterocycles. The summed E-state index contributed by atoms with van der Waals surface area (Å²) in [7, 11) is 3.69. The average Bonchev–Trinajstić information content (AvgIpc) is 3.14. The molecule has 0 aromatic carbocycles. The summed E-state index contributed by atoms with van der Waals surface area (Å²) >= 11 is 1.45. The summed E-state index contributed by atoms with van der Waals surface area (Å²) in [6, 6.07) is 0. The molecule has 1 atom stereocenters. The molecule has 11 heteroatoms. The number of nitrogens with zero attached hydrogens (tertiary/aromatic N) is 5. The summed E-state index contributed by atoms with van der Waals surface area (Å²) in [5.74, 6) is -0.208. The van der Waals surface area contributed by atoms with Gasteiger partial charge in [0.25, 0.3) is 6.41 Å². The number of ether oxygens (including phenoxy) is 3. The molecule has 2 aromatic heterocycles. The SMILES string of the molecule is CSc1nc(N(C)C)nc2c1ncn2C(OCCCOC(=O)C(C)(C)C)OC(=O)C(C)(C)C. The quantitative estimate of drug-likeness (QED) is 0.173. The number of esters is 2. The molecule has 0 radical (unpaired) electrons. The molecule has 0 saturated heterocycles. The summed E-state index contributed by atoms with van der Waals surface area (Å²) in [6.45, 7) is 11.1. The lowest BCUT2D eigenvalue weighted by atomic mass is 9.97. The summed E-state index contributed by atoms with van der Waals surface area (Å²) in [5.41, 5.74) is -0.217. The maximum Gasteiger partial charge on any atom is 0.314 e. The van der Waals surface area contributed by atoms with Crippen molar-refractivity contribution in [3.05, 3.63) is 6.33 Å². The third-order valence-electron chi connectivity index (χ3n) is 4.41. The van der Waals surface area contributed by atoms with Crippen LogP contribution in [0.5, 0.6) is 0 Å². The molecular weight excluding hydrogens is 446 g/mol. The van der Waals surface area contributed by atoms with E-state index in [0.29, 0.717) is 28.6 Å². The average molecular weight is 482 g/mol. The number of imidazole rings is 1. The van der Waals surface area contributed by atoms with Gasteiger partial charge in [0, 0.05) is 20.5 Å². The standard InChI is InChI=1S/C22H35N5O5S/c1-21(2,3)17(28)30-11-10-12-31-20(32-18(29)22(4,5)6)27-13-23-14-15(27)24-19(26(7)8)25-16(14)33-9/h13,20H,10-12H2,1-9H3. The van der Waals surface area contributed by atoms with E-state index < -0.39 is 23.2 Å². The third kappa shape index (κ3) is 7.04. The largest absolute Gasteiger partial charge is 0.465 e. The van der Waals surface area contributed by atoms with Gasteiger partial charge in [-0.1, -0.05) is 0 Å². The van der Waals surface area contributed by atoms with Crippen molar-refractivity contribution in [3.63, 3.8) is 0 Å². The Balaban J connectivity index is 2.27. The fourth-order valence-electron chi connectivity index (χ4n) is 2.44. The van der Waals surface area contributed by atoms with Gasteiger partial charge in [0.1, 0.15) is 16.9 Å². The number of hydrogen-bond acceptors (Lipinski definition) is 10. The molecule has 0 bridgehead atoms. The molecular formula is C22H35N5O5S. The first kappa shape index (κ1) is 26.8. The highest BCUT2D eigenvalue weighted by molar-refractivity contribution is 7.98. The molecule has 2 rings (SSSR count). The molecule has 0 spiro atoms. The van der Waals surface area contributed by atoms with Crippen LogP contribution in [0.15, 0.2) is 11.4 Å². The maximum atomic E-state index is 12.6. The van der Waals surface area contributed by atoms with Gasteiger partial charge < -0.3 is 19.1 Å².